The first-order valence-corrected chi connectivity index (χ1v) is 10.7. The second kappa shape index (κ2) is 12.9. The second-order valence-corrected chi connectivity index (χ2v) is 8.30. The van der Waals surface area contributed by atoms with E-state index in [0.717, 1.165) is 44.9 Å². The number of aliphatic hydroxyl groups is 2. The van der Waals surface area contributed by atoms with Gasteiger partial charge in [-0.1, -0.05) is 38.3 Å². The van der Waals surface area contributed by atoms with E-state index in [-0.39, 0.29) is 30.0 Å². The Labute approximate surface area is 169 Å². The van der Waals surface area contributed by atoms with Gasteiger partial charge in [-0.05, 0) is 57.4 Å². The van der Waals surface area contributed by atoms with Gasteiger partial charge in [-0.3, -0.25) is 9.59 Å². The molecule has 5 heteroatoms. The van der Waals surface area contributed by atoms with E-state index in [9.17, 15) is 19.8 Å². The fourth-order valence-corrected chi connectivity index (χ4v) is 3.95. The zero-order valence-electron chi connectivity index (χ0n) is 17.7. The molecule has 1 aliphatic rings. The Kier molecular flexibility index (Phi) is 11.3. The Bertz CT molecular complexity index is 535. The summed E-state index contributed by atoms with van der Waals surface area (Å²) in [6, 6.07) is 0. The van der Waals surface area contributed by atoms with Gasteiger partial charge >= 0.3 is 5.97 Å². The van der Waals surface area contributed by atoms with E-state index >= 15 is 0 Å². The highest BCUT2D eigenvalue weighted by molar-refractivity contribution is 5.84. The molecule has 0 aromatic heterocycles. The fourth-order valence-electron chi connectivity index (χ4n) is 3.95. The maximum atomic E-state index is 12.3. The molecular weight excluding hydrogens is 356 g/mol. The van der Waals surface area contributed by atoms with Crippen molar-refractivity contribution in [1.82, 2.24) is 0 Å². The van der Waals surface area contributed by atoms with Crippen molar-refractivity contribution in [2.45, 2.75) is 96.7 Å². The first kappa shape index (κ1) is 24.6. The zero-order chi connectivity index (χ0) is 21.0. The van der Waals surface area contributed by atoms with Gasteiger partial charge in [0.25, 0.3) is 0 Å². The molecule has 0 amide bonds. The summed E-state index contributed by atoms with van der Waals surface area (Å²) in [5.41, 5.74) is -0.720. The molecule has 0 aliphatic heterocycles. The second-order valence-electron chi connectivity index (χ2n) is 8.30. The normalized spacial score (nSPS) is 24.9. The Morgan fingerprint density at radius 1 is 1.21 bits per heavy atom. The van der Waals surface area contributed by atoms with Crippen molar-refractivity contribution in [2.75, 3.05) is 0 Å². The van der Waals surface area contributed by atoms with E-state index in [1.54, 1.807) is 6.08 Å². The van der Waals surface area contributed by atoms with Crippen LogP contribution in [0.25, 0.3) is 0 Å². The number of ketones is 1. The van der Waals surface area contributed by atoms with Gasteiger partial charge in [-0.25, -0.2) is 0 Å². The summed E-state index contributed by atoms with van der Waals surface area (Å²) >= 11 is 0. The monoisotopic (exact) mass is 394 g/mol. The van der Waals surface area contributed by atoms with Crippen LogP contribution < -0.4 is 0 Å². The first-order valence-electron chi connectivity index (χ1n) is 10.7. The summed E-state index contributed by atoms with van der Waals surface area (Å²) in [4.78, 5) is 22.9. The lowest BCUT2D eigenvalue weighted by atomic mass is 9.82. The molecule has 5 nitrogen and oxygen atoms in total. The summed E-state index contributed by atoms with van der Waals surface area (Å²) in [7, 11) is 0. The summed E-state index contributed by atoms with van der Waals surface area (Å²) in [6.07, 6.45) is 14.3. The number of carbonyl (C=O) groups excluding carboxylic acids is 2. The minimum atomic E-state index is -0.720. The van der Waals surface area contributed by atoms with Crippen LogP contribution in [0.1, 0.15) is 85.0 Å². The van der Waals surface area contributed by atoms with Gasteiger partial charge in [0, 0.05) is 19.3 Å². The minimum absolute atomic E-state index is 0.0435. The summed E-state index contributed by atoms with van der Waals surface area (Å²) < 4.78 is 4.69. The van der Waals surface area contributed by atoms with Crippen LogP contribution in [0, 0.1) is 11.8 Å². The molecule has 0 saturated heterocycles. The number of aliphatic hydroxyl groups excluding tert-OH is 1. The average Bonchev–Trinajstić information content (AvgIpc) is 2.88. The maximum absolute atomic E-state index is 12.3. The van der Waals surface area contributed by atoms with Crippen molar-refractivity contribution in [2.24, 2.45) is 11.8 Å². The Balaban J connectivity index is 2.42. The number of unbranched alkanes of at least 4 members (excludes halogenated alkanes) is 3. The van der Waals surface area contributed by atoms with Gasteiger partial charge in [0.05, 0.1) is 18.0 Å². The molecule has 0 unspecified atom stereocenters. The molecule has 0 heterocycles. The van der Waals surface area contributed by atoms with E-state index in [4.69, 9.17) is 4.74 Å². The Morgan fingerprint density at radius 3 is 2.64 bits per heavy atom. The summed E-state index contributed by atoms with van der Waals surface area (Å²) in [6.45, 7) is 5.36. The van der Waals surface area contributed by atoms with E-state index in [2.05, 4.69) is 6.92 Å². The highest BCUT2D eigenvalue weighted by Crippen LogP contribution is 2.38. The molecule has 28 heavy (non-hydrogen) atoms. The van der Waals surface area contributed by atoms with E-state index in [1.807, 2.05) is 19.1 Å². The lowest BCUT2D eigenvalue weighted by Gasteiger charge is -2.28. The van der Waals surface area contributed by atoms with Crippen LogP contribution in [-0.2, 0) is 14.3 Å². The SMILES string of the molecule is CCCCC[C@](C)(O)CC[C@H]1[C@H](O)CC(=O)[C@@H]1CCC/C=C/C=C/OC(C)=O. The zero-order valence-corrected chi connectivity index (χ0v) is 17.7. The topological polar surface area (TPSA) is 83.8 Å². The lowest BCUT2D eigenvalue weighted by Crippen LogP contribution is -2.28. The van der Waals surface area contributed by atoms with Crippen molar-refractivity contribution in [1.29, 1.82) is 0 Å². The van der Waals surface area contributed by atoms with E-state index < -0.39 is 11.7 Å². The molecule has 1 aliphatic carbocycles. The van der Waals surface area contributed by atoms with Gasteiger partial charge in [0.1, 0.15) is 5.78 Å². The van der Waals surface area contributed by atoms with Gasteiger partial charge in [0.2, 0.25) is 0 Å². The number of hydrogen-bond donors (Lipinski definition) is 2. The van der Waals surface area contributed by atoms with Gasteiger partial charge in [-0.2, -0.15) is 0 Å². The Morgan fingerprint density at radius 2 is 1.96 bits per heavy atom. The summed E-state index contributed by atoms with van der Waals surface area (Å²) in [5, 5.41) is 20.9. The lowest BCUT2D eigenvalue weighted by molar-refractivity contribution is -0.135. The maximum Gasteiger partial charge on any atom is 0.307 e. The van der Waals surface area contributed by atoms with Crippen LogP contribution in [0.3, 0.4) is 0 Å². The van der Waals surface area contributed by atoms with Crippen LogP contribution in [0.2, 0.25) is 0 Å². The smallest absolute Gasteiger partial charge is 0.307 e. The number of rotatable bonds is 13. The highest BCUT2D eigenvalue weighted by Gasteiger charge is 2.41. The first-order chi connectivity index (χ1) is 13.3. The number of Topliss-reactive ketones (excluding diaryl/α,β-unsaturated/α-hetero) is 1. The van der Waals surface area contributed by atoms with Crippen molar-refractivity contribution in [3.8, 4) is 0 Å². The Hall–Kier alpha value is -1.46. The van der Waals surface area contributed by atoms with Crippen molar-refractivity contribution in [3.05, 3.63) is 24.5 Å². The third kappa shape index (κ3) is 9.65. The number of hydrogen-bond acceptors (Lipinski definition) is 5. The van der Waals surface area contributed by atoms with E-state index in [1.165, 1.54) is 13.2 Å². The molecular formula is C23H38O5. The van der Waals surface area contributed by atoms with Crippen LogP contribution in [0.4, 0.5) is 0 Å². The standard InChI is InChI=1S/C23H38O5/c1-4-5-10-14-23(3,27)15-13-20-19(21(25)17-22(20)26)12-9-7-6-8-11-16-28-18(2)24/h6,8,11,16,19-20,22,26-27H,4-5,7,9-10,12-15,17H2,1-3H3/b8-6+,16-11+/t19-,20-,22-,23+/m1/s1. The fraction of sp³-hybridized carbons (Fsp3) is 0.739. The average molecular weight is 395 g/mol. The number of esters is 1. The predicted octanol–water partition coefficient (Wildman–Crippen LogP) is 4.47. The van der Waals surface area contributed by atoms with Crippen LogP contribution in [0.5, 0.6) is 0 Å². The molecule has 1 fully saturated rings. The number of carbonyl (C=O) groups is 2. The molecule has 1 rings (SSSR count). The highest BCUT2D eigenvalue weighted by atomic mass is 16.5. The molecule has 0 aromatic rings. The van der Waals surface area contributed by atoms with Gasteiger partial charge < -0.3 is 14.9 Å². The molecule has 0 aromatic carbocycles. The minimum Gasteiger partial charge on any atom is -0.435 e. The molecule has 160 valence electrons. The third-order valence-corrected chi connectivity index (χ3v) is 5.62. The van der Waals surface area contributed by atoms with Crippen LogP contribution in [0.15, 0.2) is 24.5 Å². The quantitative estimate of drug-likeness (QED) is 0.208. The third-order valence-electron chi connectivity index (χ3n) is 5.62. The van der Waals surface area contributed by atoms with Gasteiger partial charge in [-0.15, -0.1) is 0 Å². The molecule has 0 bridgehead atoms. The van der Waals surface area contributed by atoms with E-state index in [0.29, 0.717) is 12.8 Å². The van der Waals surface area contributed by atoms with Crippen molar-refractivity contribution < 1.29 is 24.5 Å². The molecule has 0 radical (unpaired) electrons. The van der Waals surface area contributed by atoms with Crippen molar-refractivity contribution in [3.63, 3.8) is 0 Å². The number of allylic oxidation sites excluding steroid dienone is 3. The van der Waals surface area contributed by atoms with Crippen LogP contribution in [-0.4, -0.2) is 33.7 Å². The predicted molar refractivity (Wildman–Crippen MR) is 111 cm³/mol. The molecule has 2 N–H and O–H groups in total. The molecule has 1 saturated carbocycles. The molecule has 0 spiro atoms. The number of ether oxygens (including phenoxy) is 1. The van der Waals surface area contributed by atoms with Crippen molar-refractivity contribution >= 4 is 11.8 Å². The summed E-state index contributed by atoms with van der Waals surface area (Å²) in [5.74, 6) is -0.343. The largest absolute Gasteiger partial charge is 0.435 e. The van der Waals surface area contributed by atoms with Crippen LogP contribution >= 0.6 is 0 Å². The molecule has 4 atom stereocenters. The van der Waals surface area contributed by atoms with Gasteiger partial charge in [0.15, 0.2) is 0 Å².